The fourth-order valence-electron chi connectivity index (χ4n) is 5.17. The van der Waals surface area contributed by atoms with Crippen LogP contribution in [-0.4, -0.2) is 77.6 Å². The molecule has 13 nitrogen and oxygen atoms in total. The Bertz CT molecular complexity index is 1490. The van der Waals surface area contributed by atoms with Crippen molar-refractivity contribution in [1.82, 2.24) is 4.90 Å². The van der Waals surface area contributed by atoms with E-state index in [1.165, 1.54) is 18.7 Å². The molecule has 1 fully saturated rings. The summed E-state index contributed by atoms with van der Waals surface area (Å²) < 4.78 is 29.1. The van der Waals surface area contributed by atoms with Gasteiger partial charge in [0.25, 0.3) is 0 Å². The summed E-state index contributed by atoms with van der Waals surface area (Å²) in [6.07, 6.45) is -6.49. The van der Waals surface area contributed by atoms with E-state index in [9.17, 15) is 24.0 Å². The molecular formula is C30H31BrClN3O10. The Morgan fingerprint density at radius 2 is 1.40 bits per heavy atom. The molecule has 4 rings (SSSR count). The van der Waals surface area contributed by atoms with Crippen LogP contribution in [0.1, 0.15) is 46.3 Å². The van der Waals surface area contributed by atoms with Crippen molar-refractivity contribution in [2.75, 3.05) is 11.6 Å². The molecule has 0 bridgehead atoms. The van der Waals surface area contributed by atoms with Gasteiger partial charge in [-0.15, -0.1) is 5.10 Å². The number of ether oxygens (including phenoxy) is 5. The molecule has 6 atom stereocenters. The molecule has 0 spiro atoms. The summed E-state index contributed by atoms with van der Waals surface area (Å²) in [7, 11) is 0. The molecule has 1 unspecified atom stereocenters. The predicted molar refractivity (Wildman–Crippen MR) is 163 cm³/mol. The van der Waals surface area contributed by atoms with E-state index in [4.69, 9.17) is 35.3 Å². The zero-order valence-electron chi connectivity index (χ0n) is 25.0. The van der Waals surface area contributed by atoms with Crippen molar-refractivity contribution in [1.29, 1.82) is 0 Å². The van der Waals surface area contributed by atoms with Gasteiger partial charge in [0, 0.05) is 44.1 Å². The van der Waals surface area contributed by atoms with E-state index in [0.717, 1.165) is 25.2 Å². The van der Waals surface area contributed by atoms with Crippen LogP contribution in [0.2, 0.25) is 5.02 Å². The molecule has 45 heavy (non-hydrogen) atoms. The second-order valence-corrected chi connectivity index (χ2v) is 11.6. The minimum atomic E-state index is -1.54. The van der Waals surface area contributed by atoms with Crippen molar-refractivity contribution in [2.45, 2.75) is 71.4 Å². The fraction of sp³-hybridized carbons (Fsp3) is 0.400. The average Bonchev–Trinajstić information content (AvgIpc) is 3.34. The maximum atomic E-state index is 13.3. The SMILES string of the molecule is CC(=O)OC[C@H]1O[C@@H](OC(C)=O)[C@H](N2C(C(C)=O)=NN(c3ccc(Br)cc3)C2c2ccc(Cl)cc2)[C@@H](OC(C)=O)[C@@H]1OC(C)=O. The van der Waals surface area contributed by atoms with Gasteiger partial charge in [-0.3, -0.25) is 24.0 Å². The first kappa shape index (κ1) is 33.9. The van der Waals surface area contributed by atoms with E-state index in [1.807, 2.05) is 0 Å². The number of Topliss-reactive ketones (excluding diaryl/α,β-unsaturated/α-hetero) is 1. The Hall–Kier alpha value is -4.01. The van der Waals surface area contributed by atoms with Crippen LogP contribution in [0.15, 0.2) is 58.1 Å². The van der Waals surface area contributed by atoms with E-state index in [1.54, 1.807) is 53.5 Å². The minimum absolute atomic E-state index is 0.0965. The second kappa shape index (κ2) is 14.4. The summed E-state index contributed by atoms with van der Waals surface area (Å²) in [4.78, 5) is 63.9. The van der Waals surface area contributed by atoms with Gasteiger partial charge in [-0.05, 0) is 42.0 Å². The Morgan fingerprint density at radius 1 is 0.822 bits per heavy atom. The van der Waals surface area contributed by atoms with Crippen LogP contribution in [-0.2, 0) is 47.7 Å². The lowest BCUT2D eigenvalue weighted by Crippen LogP contribution is -2.68. The monoisotopic (exact) mass is 707 g/mol. The zero-order valence-corrected chi connectivity index (χ0v) is 27.3. The highest BCUT2D eigenvalue weighted by Gasteiger charge is 2.58. The number of hydrogen-bond acceptors (Lipinski definition) is 13. The molecule has 2 aliphatic heterocycles. The number of carbonyl (C=O) groups excluding carboxylic acids is 5. The second-order valence-electron chi connectivity index (χ2n) is 10.2. The van der Waals surface area contributed by atoms with Crippen molar-refractivity contribution in [3.05, 3.63) is 63.6 Å². The summed E-state index contributed by atoms with van der Waals surface area (Å²) in [5, 5.41) is 6.71. The first-order chi connectivity index (χ1) is 21.3. The highest BCUT2D eigenvalue weighted by Crippen LogP contribution is 2.42. The highest BCUT2D eigenvalue weighted by molar-refractivity contribution is 9.10. The summed E-state index contributed by atoms with van der Waals surface area (Å²) in [6, 6.07) is 12.6. The number of anilines is 1. The maximum absolute atomic E-state index is 13.3. The van der Waals surface area contributed by atoms with Crippen molar-refractivity contribution < 1.29 is 47.7 Å². The van der Waals surface area contributed by atoms with Crippen LogP contribution < -0.4 is 5.01 Å². The van der Waals surface area contributed by atoms with E-state index < -0.39 is 73.1 Å². The Labute approximate surface area is 272 Å². The van der Waals surface area contributed by atoms with Crippen molar-refractivity contribution in [3.63, 3.8) is 0 Å². The van der Waals surface area contributed by atoms with Crippen molar-refractivity contribution in [2.24, 2.45) is 5.10 Å². The smallest absolute Gasteiger partial charge is 0.305 e. The molecule has 240 valence electrons. The first-order valence-electron chi connectivity index (χ1n) is 13.8. The molecule has 0 aliphatic carbocycles. The zero-order chi connectivity index (χ0) is 33.0. The lowest BCUT2D eigenvalue weighted by molar-refractivity contribution is -0.282. The molecule has 1 saturated heterocycles. The lowest BCUT2D eigenvalue weighted by Gasteiger charge is -2.49. The van der Waals surface area contributed by atoms with Crippen LogP contribution >= 0.6 is 27.5 Å². The first-order valence-corrected chi connectivity index (χ1v) is 14.9. The van der Waals surface area contributed by atoms with Crippen molar-refractivity contribution >= 4 is 68.7 Å². The molecule has 0 amide bonds. The standard InChI is InChI=1S/C30H31BrClN3O10/c1-15(36)28-33-35(23-12-8-21(31)9-13-23)29(20-6-10-22(32)11-7-20)34(28)25-27(43-18(4)39)26(42-17(3)38)24(14-41-16(2)37)45-30(25)44-19(5)40/h6-13,24-27,29-30H,14H2,1-5H3/t24-,25-,26-,27-,29?,30-/m1/s1. The molecule has 2 aromatic carbocycles. The van der Waals surface area contributed by atoms with Gasteiger partial charge < -0.3 is 28.6 Å². The van der Waals surface area contributed by atoms with E-state index in [2.05, 4.69) is 21.0 Å². The number of ketones is 1. The lowest BCUT2D eigenvalue weighted by atomic mass is 9.93. The molecule has 0 N–H and O–H groups in total. The fourth-order valence-corrected chi connectivity index (χ4v) is 5.56. The van der Waals surface area contributed by atoms with Crippen LogP contribution in [0.3, 0.4) is 0 Å². The summed E-state index contributed by atoms with van der Waals surface area (Å²) in [5.74, 6) is -3.54. The van der Waals surface area contributed by atoms with Crippen LogP contribution in [0.4, 0.5) is 5.69 Å². The third kappa shape index (κ3) is 7.99. The molecule has 2 aromatic rings. The van der Waals surface area contributed by atoms with Gasteiger partial charge in [0.05, 0.1) is 5.69 Å². The molecule has 0 aromatic heterocycles. The quantitative estimate of drug-likeness (QED) is 0.275. The van der Waals surface area contributed by atoms with Crippen molar-refractivity contribution in [3.8, 4) is 0 Å². The van der Waals surface area contributed by atoms with Gasteiger partial charge >= 0.3 is 23.9 Å². The minimum Gasteiger partial charge on any atom is -0.463 e. The molecule has 2 heterocycles. The Balaban J connectivity index is 1.96. The summed E-state index contributed by atoms with van der Waals surface area (Å²) >= 11 is 9.64. The number of esters is 4. The summed E-state index contributed by atoms with van der Waals surface area (Å²) in [6.45, 7) is 5.48. The van der Waals surface area contributed by atoms with E-state index >= 15 is 0 Å². The number of halogens is 2. The average molecular weight is 709 g/mol. The molecule has 15 heteroatoms. The van der Waals surface area contributed by atoms with Gasteiger partial charge in [0.15, 0.2) is 30.0 Å². The molecule has 0 saturated carbocycles. The number of hydrogen-bond donors (Lipinski definition) is 0. The number of rotatable bonds is 9. The van der Waals surface area contributed by atoms with Crippen LogP contribution in [0.5, 0.6) is 0 Å². The van der Waals surface area contributed by atoms with Gasteiger partial charge in [-0.25, -0.2) is 5.01 Å². The number of benzene rings is 2. The van der Waals surface area contributed by atoms with Gasteiger partial charge in [-0.2, -0.15) is 0 Å². The summed E-state index contributed by atoms with van der Waals surface area (Å²) in [5.41, 5.74) is 1.17. The van der Waals surface area contributed by atoms with E-state index in [-0.39, 0.29) is 5.84 Å². The third-order valence-electron chi connectivity index (χ3n) is 6.79. The predicted octanol–water partition coefficient (Wildman–Crippen LogP) is 3.91. The molecule has 0 radical (unpaired) electrons. The maximum Gasteiger partial charge on any atom is 0.305 e. The third-order valence-corrected chi connectivity index (χ3v) is 7.57. The number of hydrazone groups is 1. The van der Waals surface area contributed by atoms with Gasteiger partial charge in [0.1, 0.15) is 18.8 Å². The number of amidine groups is 1. The Kier molecular flexibility index (Phi) is 10.8. The molecular weight excluding hydrogens is 678 g/mol. The van der Waals surface area contributed by atoms with Gasteiger partial charge in [0.2, 0.25) is 6.29 Å². The van der Waals surface area contributed by atoms with E-state index in [0.29, 0.717) is 16.3 Å². The topological polar surface area (TPSA) is 150 Å². The largest absolute Gasteiger partial charge is 0.463 e. The normalized spacial score (nSPS) is 24.4. The number of carbonyl (C=O) groups is 5. The number of nitrogens with zero attached hydrogens (tertiary/aromatic N) is 3. The molecule has 2 aliphatic rings. The van der Waals surface area contributed by atoms with Gasteiger partial charge in [-0.1, -0.05) is 39.7 Å². The Morgan fingerprint density at radius 3 is 1.93 bits per heavy atom. The van der Waals surface area contributed by atoms with Crippen LogP contribution in [0.25, 0.3) is 0 Å². The highest BCUT2D eigenvalue weighted by atomic mass is 79.9. The van der Waals surface area contributed by atoms with Crippen LogP contribution in [0, 0.1) is 0 Å².